The Balaban J connectivity index is 2.30. The SMILES string of the molecule is CC(C)=CC(=O)CC1COCCN1. The molecule has 1 saturated heterocycles. The molecule has 1 N–H and O–H groups in total. The number of rotatable bonds is 3. The van der Waals surface area contributed by atoms with Gasteiger partial charge in [0.1, 0.15) is 0 Å². The third-order valence-corrected chi connectivity index (χ3v) is 1.90. The van der Waals surface area contributed by atoms with Crippen molar-refractivity contribution in [1.82, 2.24) is 5.32 Å². The van der Waals surface area contributed by atoms with Crippen LogP contribution in [0.2, 0.25) is 0 Å². The number of ether oxygens (including phenoxy) is 1. The van der Waals surface area contributed by atoms with Crippen LogP contribution in [0.15, 0.2) is 11.6 Å². The van der Waals surface area contributed by atoms with Crippen LogP contribution < -0.4 is 5.32 Å². The van der Waals surface area contributed by atoms with E-state index in [1.807, 2.05) is 13.8 Å². The van der Waals surface area contributed by atoms with Gasteiger partial charge in [0.2, 0.25) is 0 Å². The van der Waals surface area contributed by atoms with Gasteiger partial charge in [-0.25, -0.2) is 0 Å². The molecule has 0 bridgehead atoms. The molecule has 0 aromatic carbocycles. The van der Waals surface area contributed by atoms with Gasteiger partial charge in [0, 0.05) is 19.0 Å². The van der Waals surface area contributed by atoms with E-state index in [4.69, 9.17) is 4.74 Å². The second kappa shape index (κ2) is 5.14. The standard InChI is InChI=1S/C10H17NO2/c1-8(2)5-10(12)6-9-7-13-4-3-11-9/h5,9,11H,3-4,6-7H2,1-2H3. The van der Waals surface area contributed by atoms with Crippen molar-refractivity contribution in [2.45, 2.75) is 26.3 Å². The van der Waals surface area contributed by atoms with Gasteiger partial charge in [0.25, 0.3) is 0 Å². The number of allylic oxidation sites excluding steroid dienone is 2. The Bertz CT molecular complexity index is 201. The molecule has 0 spiro atoms. The highest BCUT2D eigenvalue weighted by atomic mass is 16.5. The molecule has 0 aromatic rings. The zero-order chi connectivity index (χ0) is 9.68. The van der Waals surface area contributed by atoms with Crippen LogP contribution in [0.25, 0.3) is 0 Å². The number of morpholine rings is 1. The fourth-order valence-electron chi connectivity index (χ4n) is 1.37. The number of carbonyl (C=O) groups excluding carboxylic acids is 1. The van der Waals surface area contributed by atoms with Gasteiger partial charge in [0.15, 0.2) is 5.78 Å². The van der Waals surface area contributed by atoms with E-state index in [0.29, 0.717) is 13.0 Å². The Morgan fingerprint density at radius 3 is 2.92 bits per heavy atom. The lowest BCUT2D eigenvalue weighted by Crippen LogP contribution is -2.42. The van der Waals surface area contributed by atoms with E-state index in [-0.39, 0.29) is 11.8 Å². The van der Waals surface area contributed by atoms with Crippen LogP contribution >= 0.6 is 0 Å². The molecule has 0 aliphatic carbocycles. The van der Waals surface area contributed by atoms with Gasteiger partial charge in [0.05, 0.1) is 13.2 Å². The molecule has 1 rings (SSSR count). The van der Waals surface area contributed by atoms with E-state index >= 15 is 0 Å². The summed E-state index contributed by atoms with van der Waals surface area (Å²) in [5.41, 5.74) is 1.06. The van der Waals surface area contributed by atoms with Crippen LogP contribution in [-0.2, 0) is 9.53 Å². The van der Waals surface area contributed by atoms with Crippen molar-refractivity contribution in [2.75, 3.05) is 19.8 Å². The van der Waals surface area contributed by atoms with Crippen molar-refractivity contribution in [3.8, 4) is 0 Å². The topological polar surface area (TPSA) is 38.3 Å². The highest BCUT2D eigenvalue weighted by Gasteiger charge is 2.15. The molecule has 0 saturated carbocycles. The normalized spacial score (nSPS) is 22.5. The smallest absolute Gasteiger partial charge is 0.157 e. The Labute approximate surface area is 79.2 Å². The molecule has 0 aromatic heterocycles. The average molecular weight is 183 g/mol. The number of nitrogens with one attached hydrogen (secondary N) is 1. The fourth-order valence-corrected chi connectivity index (χ4v) is 1.37. The minimum atomic E-state index is 0.183. The van der Waals surface area contributed by atoms with E-state index in [9.17, 15) is 4.79 Å². The highest BCUT2D eigenvalue weighted by molar-refractivity contribution is 5.90. The summed E-state index contributed by atoms with van der Waals surface area (Å²) < 4.78 is 5.25. The molecule has 1 atom stereocenters. The average Bonchev–Trinajstić information content (AvgIpc) is 2.04. The number of carbonyl (C=O) groups is 1. The molecule has 1 aliphatic rings. The van der Waals surface area contributed by atoms with Crippen LogP contribution in [0.4, 0.5) is 0 Å². The number of ketones is 1. The third kappa shape index (κ3) is 4.20. The van der Waals surface area contributed by atoms with Crippen molar-refractivity contribution in [3.05, 3.63) is 11.6 Å². The maximum absolute atomic E-state index is 11.3. The summed E-state index contributed by atoms with van der Waals surface area (Å²) in [5, 5.41) is 3.25. The van der Waals surface area contributed by atoms with Gasteiger partial charge in [-0.3, -0.25) is 4.79 Å². The molecule has 1 fully saturated rings. The zero-order valence-corrected chi connectivity index (χ0v) is 8.30. The van der Waals surface area contributed by atoms with Gasteiger partial charge in [-0.2, -0.15) is 0 Å². The lowest BCUT2D eigenvalue weighted by atomic mass is 10.1. The lowest BCUT2D eigenvalue weighted by Gasteiger charge is -2.22. The van der Waals surface area contributed by atoms with Crippen LogP contribution in [-0.4, -0.2) is 31.6 Å². The first-order valence-electron chi connectivity index (χ1n) is 4.67. The molecule has 3 heteroatoms. The molecule has 1 aliphatic heterocycles. The van der Waals surface area contributed by atoms with Crippen LogP contribution in [0.1, 0.15) is 20.3 Å². The molecule has 0 radical (unpaired) electrons. The Morgan fingerprint density at radius 1 is 1.62 bits per heavy atom. The van der Waals surface area contributed by atoms with Crippen LogP contribution in [0.5, 0.6) is 0 Å². The maximum Gasteiger partial charge on any atom is 0.157 e. The predicted molar refractivity (Wildman–Crippen MR) is 51.7 cm³/mol. The van der Waals surface area contributed by atoms with Crippen molar-refractivity contribution in [1.29, 1.82) is 0 Å². The monoisotopic (exact) mass is 183 g/mol. The minimum Gasteiger partial charge on any atom is -0.378 e. The molecule has 0 amide bonds. The van der Waals surface area contributed by atoms with Gasteiger partial charge in [-0.05, 0) is 19.9 Å². The van der Waals surface area contributed by atoms with E-state index in [1.54, 1.807) is 6.08 Å². The lowest BCUT2D eigenvalue weighted by molar-refractivity contribution is -0.115. The molecular weight excluding hydrogens is 166 g/mol. The maximum atomic E-state index is 11.3. The number of hydrogen-bond donors (Lipinski definition) is 1. The molecular formula is C10H17NO2. The first-order valence-corrected chi connectivity index (χ1v) is 4.67. The van der Waals surface area contributed by atoms with Gasteiger partial charge in [-0.15, -0.1) is 0 Å². The molecule has 1 heterocycles. The van der Waals surface area contributed by atoms with Gasteiger partial charge in [-0.1, -0.05) is 5.57 Å². The Morgan fingerprint density at radius 2 is 2.38 bits per heavy atom. The molecule has 3 nitrogen and oxygen atoms in total. The second-order valence-electron chi connectivity index (χ2n) is 3.62. The molecule has 13 heavy (non-hydrogen) atoms. The van der Waals surface area contributed by atoms with E-state index in [1.165, 1.54) is 0 Å². The van der Waals surface area contributed by atoms with Crippen molar-refractivity contribution >= 4 is 5.78 Å². The Hall–Kier alpha value is -0.670. The number of hydrogen-bond acceptors (Lipinski definition) is 3. The quantitative estimate of drug-likeness (QED) is 0.661. The summed E-state index contributed by atoms with van der Waals surface area (Å²) in [6.07, 6.45) is 2.24. The fraction of sp³-hybridized carbons (Fsp3) is 0.700. The predicted octanol–water partition coefficient (Wildman–Crippen LogP) is 0.900. The summed E-state index contributed by atoms with van der Waals surface area (Å²) in [5.74, 6) is 0.183. The van der Waals surface area contributed by atoms with Gasteiger partial charge >= 0.3 is 0 Å². The van der Waals surface area contributed by atoms with Crippen LogP contribution in [0, 0.1) is 0 Å². The minimum absolute atomic E-state index is 0.183. The summed E-state index contributed by atoms with van der Waals surface area (Å²) in [7, 11) is 0. The zero-order valence-electron chi connectivity index (χ0n) is 8.30. The van der Waals surface area contributed by atoms with E-state index in [0.717, 1.165) is 18.7 Å². The summed E-state index contributed by atoms with van der Waals surface area (Å²) in [6, 6.07) is 0.205. The molecule has 1 unspecified atom stereocenters. The van der Waals surface area contributed by atoms with E-state index < -0.39 is 0 Å². The largest absolute Gasteiger partial charge is 0.378 e. The first-order chi connectivity index (χ1) is 6.18. The highest BCUT2D eigenvalue weighted by Crippen LogP contribution is 2.01. The summed E-state index contributed by atoms with van der Waals surface area (Å²) >= 11 is 0. The van der Waals surface area contributed by atoms with Crippen molar-refractivity contribution < 1.29 is 9.53 Å². The Kier molecular flexibility index (Phi) is 4.12. The second-order valence-corrected chi connectivity index (χ2v) is 3.62. The van der Waals surface area contributed by atoms with Crippen molar-refractivity contribution in [2.24, 2.45) is 0 Å². The summed E-state index contributed by atoms with van der Waals surface area (Å²) in [6.45, 7) is 6.13. The van der Waals surface area contributed by atoms with Crippen molar-refractivity contribution in [3.63, 3.8) is 0 Å². The van der Waals surface area contributed by atoms with E-state index in [2.05, 4.69) is 5.32 Å². The first kappa shape index (κ1) is 10.4. The summed E-state index contributed by atoms with van der Waals surface area (Å²) in [4.78, 5) is 11.3. The molecule has 74 valence electrons. The van der Waals surface area contributed by atoms with Crippen LogP contribution in [0.3, 0.4) is 0 Å². The van der Waals surface area contributed by atoms with Gasteiger partial charge < -0.3 is 10.1 Å². The third-order valence-electron chi connectivity index (χ3n) is 1.90.